The van der Waals surface area contributed by atoms with Crippen molar-refractivity contribution >= 4 is 28.6 Å². The van der Waals surface area contributed by atoms with Gasteiger partial charge in [-0.25, -0.2) is 9.78 Å². The number of fused-ring (bicyclic) bond motifs is 1. The van der Waals surface area contributed by atoms with Crippen molar-refractivity contribution in [3.05, 3.63) is 58.5 Å². The van der Waals surface area contributed by atoms with Crippen LogP contribution in [0, 0.1) is 0 Å². The van der Waals surface area contributed by atoms with Crippen LogP contribution in [-0.2, 0) is 0 Å². The third-order valence-corrected chi connectivity index (χ3v) is 4.53. The minimum atomic E-state index is -1.27. The highest BCUT2D eigenvalue weighted by atomic mass is 16.4. The number of piperazine rings is 1. The second-order valence-corrected chi connectivity index (χ2v) is 6.08. The Kier molecular flexibility index (Phi) is 4.00. The third-order valence-electron chi connectivity index (χ3n) is 4.53. The van der Waals surface area contributed by atoms with Crippen molar-refractivity contribution in [1.82, 2.24) is 15.0 Å². The van der Waals surface area contributed by atoms with Crippen LogP contribution < -0.4 is 15.2 Å². The van der Waals surface area contributed by atoms with Crippen LogP contribution in [0.4, 0.5) is 11.6 Å². The Bertz CT molecular complexity index is 1010. The van der Waals surface area contributed by atoms with Crippen molar-refractivity contribution in [3.63, 3.8) is 0 Å². The van der Waals surface area contributed by atoms with Gasteiger partial charge in [0.05, 0.1) is 5.39 Å². The summed E-state index contributed by atoms with van der Waals surface area (Å²) in [6.45, 7) is 3.22. The lowest BCUT2D eigenvalue weighted by Crippen LogP contribution is -2.47. The summed E-state index contributed by atoms with van der Waals surface area (Å²) >= 11 is 0. The molecule has 132 valence electrons. The van der Waals surface area contributed by atoms with Gasteiger partial charge in [0, 0.05) is 44.3 Å². The van der Waals surface area contributed by atoms with Crippen molar-refractivity contribution in [2.24, 2.45) is 0 Å². The number of rotatable bonds is 3. The molecule has 1 aliphatic heterocycles. The highest BCUT2D eigenvalue weighted by Crippen LogP contribution is 2.18. The highest BCUT2D eigenvalue weighted by Gasteiger charge is 2.20. The monoisotopic (exact) mass is 351 g/mol. The van der Waals surface area contributed by atoms with Gasteiger partial charge < -0.3 is 19.9 Å². The first-order chi connectivity index (χ1) is 12.6. The molecule has 4 rings (SSSR count). The number of carboxylic acid groups (broad SMARTS) is 1. The first kappa shape index (κ1) is 16.1. The fourth-order valence-electron chi connectivity index (χ4n) is 3.11. The Balaban J connectivity index is 1.56. The number of H-pyrrole nitrogens is 1. The van der Waals surface area contributed by atoms with E-state index in [1.807, 2.05) is 18.2 Å². The molecule has 3 aromatic rings. The second kappa shape index (κ2) is 6.47. The molecule has 26 heavy (non-hydrogen) atoms. The molecule has 0 bridgehead atoms. The molecule has 2 N–H and O–H groups in total. The van der Waals surface area contributed by atoms with Crippen LogP contribution in [0.2, 0.25) is 0 Å². The van der Waals surface area contributed by atoms with Crippen LogP contribution in [0.3, 0.4) is 0 Å². The van der Waals surface area contributed by atoms with Gasteiger partial charge in [-0.2, -0.15) is 4.98 Å². The van der Waals surface area contributed by atoms with Gasteiger partial charge in [-0.1, -0.05) is 18.2 Å². The Hall–Kier alpha value is -3.42. The van der Waals surface area contributed by atoms with E-state index in [0.29, 0.717) is 11.6 Å². The first-order valence-electron chi connectivity index (χ1n) is 8.30. The predicted molar refractivity (Wildman–Crippen MR) is 98.0 cm³/mol. The number of nitrogens with zero attached hydrogens (tertiary/aromatic N) is 4. The molecule has 8 heteroatoms. The fourth-order valence-corrected chi connectivity index (χ4v) is 3.11. The topological polar surface area (TPSA) is 102 Å². The number of benzene rings is 1. The van der Waals surface area contributed by atoms with Gasteiger partial charge in [0.25, 0.3) is 0 Å². The molecule has 0 saturated carbocycles. The standard InChI is InChI=1S/C18H17N5O3/c24-15-13-10-20-18(21-16(13)19-11-14(15)17(25)26)23-8-6-22(7-9-23)12-4-2-1-3-5-12/h1-5,10-11H,6-9H2,(H,25,26)(H,19,20,21,24). The minimum Gasteiger partial charge on any atom is -0.477 e. The summed E-state index contributed by atoms with van der Waals surface area (Å²) in [5.74, 6) is -0.738. The summed E-state index contributed by atoms with van der Waals surface area (Å²) in [6, 6.07) is 10.2. The maximum atomic E-state index is 12.2. The van der Waals surface area contributed by atoms with Gasteiger partial charge in [0.1, 0.15) is 11.2 Å². The van der Waals surface area contributed by atoms with Crippen LogP contribution in [0.1, 0.15) is 10.4 Å². The van der Waals surface area contributed by atoms with E-state index >= 15 is 0 Å². The van der Waals surface area contributed by atoms with E-state index in [1.54, 1.807) is 0 Å². The number of aromatic amines is 1. The van der Waals surface area contributed by atoms with Crippen molar-refractivity contribution in [1.29, 1.82) is 0 Å². The Morgan fingerprint density at radius 1 is 1.08 bits per heavy atom. The summed E-state index contributed by atoms with van der Waals surface area (Å²) in [5, 5.41) is 9.21. The van der Waals surface area contributed by atoms with Crippen LogP contribution in [0.25, 0.3) is 11.0 Å². The van der Waals surface area contributed by atoms with Crippen molar-refractivity contribution in [2.75, 3.05) is 36.0 Å². The number of nitrogens with one attached hydrogen (secondary N) is 1. The summed E-state index contributed by atoms with van der Waals surface area (Å²) in [5.41, 5.74) is 0.643. The van der Waals surface area contributed by atoms with E-state index in [0.717, 1.165) is 26.2 Å². The normalized spacial score (nSPS) is 14.6. The largest absolute Gasteiger partial charge is 0.477 e. The molecular formula is C18H17N5O3. The third kappa shape index (κ3) is 2.85. The molecule has 1 aromatic carbocycles. The molecule has 0 spiro atoms. The summed E-state index contributed by atoms with van der Waals surface area (Å²) in [4.78, 5) is 39.0. The van der Waals surface area contributed by atoms with E-state index in [9.17, 15) is 9.59 Å². The molecule has 1 aliphatic rings. The lowest BCUT2D eigenvalue weighted by atomic mass is 10.2. The van der Waals surface area contributed by atoms with E-state index in [2.05, 4.69) is 36.9 Å². The maximum Gasteiger partial charge on any atom is 0.341 e. The summed E-state index contributed by atoms with van der Waals surface area (Å²) < 4.78 is 0. The SMILES string of the molecule is O=C(O)c1c[nH]c2nc(N3CCN(c4ccccc4)CC3)ncc2c1=O. The van der Waals surface area contributed by atoms with E-state index < -0.39 is 11.4 Å². The van der Waals surface area contributed by atoms with Gasteiger partial charge in [0.2, 0.25) is 11.4 Å². The van der Waals surface area contributed by atoms with Gasteiger partial charge >= 0.3 is 5.97 Å². The van der Waals surface area contributed by atoms with E-state index in [-0.39, 0.29) is 10.9 Å². The number of hydrogen-bond acceptors (Lipinski definition) is 6. The zero-order chi connectivity index (χ0) is 18.1. The average Bonchev–Trinajstić information content (AvgIpc) is 2.68. The predicted octanol–water partition coefficient (Wildman–Crippen LogP) is 1.34. The zero-order valence-corrected chi connectivity index (χ0v) is 13.9. The van der Waals surface area contributed by atoms with Gasteiger partial charge in [-0.05, 0) is 12.1 Å². The number of carbonyl (C=O) groups is 1. The summed E-state index contributed by atoms with van der Waals surface area (Å²) in [6.07, 6.45) is 2.57. The van der Waals surface area contributed by atoms with E-state index in [4.69, 9.17) is 5.11 Å². The van der Waals surface area contributed by atoms with Gasteiger partial charge in [-0.15, -0.1) is 0 Å². The van der Waals surface area contributed by atoms with E-state index in [1.165, 1.54) is 18.1 Å². The van der Waals surface area contributed by atoms with Crippen LogP contribution >= 0.6 is 0 Å². The number of aromatic carboxylic acids is 1. The smallest absolute Gasteiger partial charge is 0.341 e. The lowest BCUT2D eigenvalue weighted by molar-refractivity contribution is 0.0695. The van der Waals surface area contributed by atoms with Gasteiger partial charge in [-0.3, -0.25) is 4.79 Å². The quantitative estimate of drug-likeness (QED) is 0.734. The second-order valence-electron chi connectivity index (χ2n) is 6.08. The number of aromatic nitrogens is 3. The minimum absolute atomic E-state index is 0.177. The molecule has 0 atom stereocenters. The Morgan fingerprint density at radius 2 is 1.77 bits per heavy atom. The molecule has 0 aliphatic carbocycles. The zero-order valence-electron chi connectivity index (χ0n) is 13.9. The first-order valence-corrected chi connectivity index (χ1v) is 8.30. The molecule has 0 unspecified atom stereocenters. The lowest BCUT2D eigenvalue weighted by Gasteiger charge is -2.36. The van der Waals surface area contributed by atoms with Crippen LogP contribution in [0.5, 0.6) is 0 Å². The number of anilines is 2. The number of para-hydroxylation sites is 1. The molecule has 2 aromatic heterocycles. The fraction of sp³-hybridized carbons (Fsp3) is 0.222. The molecule has 0 radical (unpaired) electrons. The van der Waals surface area contributed by atoms with Gasteiger partial charge in [0.15, 0.2) is 0 Å². The molecule has 8 nitrogen and oxygen atoms in total. The van der Waals surface area contributed by atoms with Crippen molar-refractivity contribution in [2.45, 2.75) is 0 Å². The summed E-state index contributed by atoms with van der Waals surface area (Å²) in [7, 11) is 0. The Morgan fingerprint density at radius 3 is 2.46 bits per heavy atom. The maximum absolute atomic E-state index is 12.2. The highest BCUT2D eigenvalue weighted by molar-refractivity contribution is 5.91. The number of carboxylic acids is 1. The van der Waals surface area contributed by atoms with Crippen molar-refractivity contribution in [3.8, 4) is 0 Å². The number of hydrogen-bond donors (Lipinski definition) is 2. The van der Waals surface area contributed by atoms with Crippen molar-refractivity contribution < 1.29 is 9.90 Å². The molecule has 3 heterocycles. The Labute approximate surface area is 148 Å². The molecule has 0 amide bonds. The average molecular weight is 351 g/mol. The number of pyridine rings is 1. The molecule has 1 saturated heterocycles. The van der Waals surface area contributed by atoms with Crippen LogP contribution in [0.15, 0.2) is 47.5 Å². The van der Waals surface area contributed by atoms with Crippen LogP contribution in [-0.4, -0.2) is 52.2 Å². The molecule has 1 fully saturated rings. The molecular weight excluding hydrogens is 334 g/mol.